The summed E-state index contributed by atoms with van der Waals surface area (Å²) in [4.78, 5) is 15.4. The normalized spacial score (nSPS) is 20.2. The molecule has 0 saturated carbocycles. The second kappa shape index (κ2) is 10.2. The highest BCUT2D eigenvalue weighted by atomic mass is 35.5. The first-order valence-corrected chi connectivity index (χ1v) is 10.9. The molecule has 32 heavy (non-hydrogen) atoms. The summed E-state index contributed by atoms with van der Waals surface area (Å²) < 4.78 is 20.5. The van der Waals surface area contributed by atoms with Crippen LogP contribution in [0.4, 0.5) is 5.69 Å². The number of aromatic nitrogens is 2. The van der Waals surface area contributed by atoms with Crippen LogP contribution in [0.3, 0.4) is 0 Å². The molecular formula is C24H26ClN3O4. The molecule has 1 aliphatic rings. The molecule has 0 unspecified atom stereocenters. The van der Waals surface area contributed by atoms with E-state index in [2.05, 4.69) is 10.3 Å². The molecule has 0 radical (unpaired) electrons. The van der Waals surface area contributed by atoms with Crippen LogP contribution in [-0.4, -0.2) is 40.6 Å². The van der Waals surface area contributed by atoms with E-state index in [0.29, 0.717) is 37.6 Å². The molecule has 7 nitrogen and oxygen atoms in total. The highest BCUT2D eigenvalue weighted by Crippen LogP contribution is 2.31. The number of aryl methyl sites for hydroxylation is 1. The zero-order chi connectivity index (χ0) is 22.4. The van der Waals surface area contributed by atoms with Crippen molar-refractivity contribution in [2.24, 2.45) is 0 Å². The largest absolute Gasteiger partial charge is 0.491 e. The molecule has 1 fully saturated rings. The van der Waals surface area contributed by atoms with Gasteiger partial charge in [0.1, 0.15) is 18.5 Å². The molecule has 3 aromatic rings. The smallest absolute Gasteiger partial charge is 0.221 e. The van der Waals surface area contributed by atoms with E-state index < -0.39 is 5.79 Å². The van der Waals surface area contributed by atoms with Gasteiger partial charge in [-0.05, 0) is 36.2 Å². The van der Waals surface area contributed by atoms with E-state index in [-0.39, 0.29) is 12.0 Å². The van der Waals surface area contributed by atoms with Crippen molar-refractivity contribution in [2.45, 2.75) is 38.2 Å². The molecule has 168 valence electrons. The molecule has 2 aromatic carbocycles. The Morgan fingerprint density at radius 3 is 2.91 bits per heavy atom. The molecule has 2 heterocycles. The zero-order valence-electron chi connectivity index (χ0n) is 17.9. The topological polar surface area (TPSA) is 74.6 Å². The summed E-state index contributed by atoms with van der Waals surface area (Å²) in [6.45, 7) is 2.78. The molecule has 1 aliphatic heterocycles. The van der Waals surface area contributed by atoms with Crippen molar-refractivity contribution in [1.82, 2.24) is 9.55 Å². The first kappa shape index (κ1) is 22.3. The van der Waals surface area contributed by atoms with Gasteiger partial charge in [0, 0.05) is 42.5 Å². The van der Waals surface area contributed by atoms with Gasteiger partial charge in [-0.15, -0.1) is 0 Å². The third kappa shape index (κ3) is 6.09. The van der Waals surface area contributed by atoms with Crippen LogP contribution < -0.4 is 10.1 Å². The molecule has 4 rings (SSSR count). The fraction of sp³-hybridized carbons (Fsp3) is 0.333. The number of carbonyl (C=O) groups is 1. The number of hydrogen-bond donors (Lipinski definition) is 1. The van der Waals surface area contributed by atoms with E-state index in [9.17, 15) is 4.79 Å². The van der Waals surface area contributed by atoms with Gasteiger partial charge in [0.2, 0.25) is 5.91 Å². The maximum atomic E-state index is 11.3. The second-order valence-corrected chi connectivity index (χ2v) is 8.28. The maximum absolute atomic E-state index is 11.3. The summed E-state index contributed by atoms with van der Waals surface area (Å²) in [5.74, 6) is -0.236. The summed E-state index contributed by atoms with van der Waals surface area (Å²) in [7, 11) is 0. The summed E-state index contributed by atoms with van der Waals surface area (Å²) >= 11 is 6.01. The Hall–Kier alpha value is -2.87. The van der Waals surface area contributed by atoms with Crippen molar-refractivity contribution in [3.63, 3.8) is 0 Å². The Morgan fingerprint density at radius 1 is 1.31 bits per heavy atom. The van der Waals surface area contributed by atoms with Gasteiger partial charge in [-0.25, -0.2) is 4.98 Å². The van der Waals surface area contributed by atoms with Crippen LogP contribution >= 0.6 is 11.6 Å². The molecule has 8 heteroatoms. The number of anilines is 1. The van der Waals surface area contributed by atoms with Crippen LogP contribution in [0.15, 0.2) is 67.3 Å². The van der Waals surface area contributed by atoms with Crippen LogP contribution in [-0.2, 0) is 27.2 Å². The van der Waals surface area contributed by atoms with Gasteiger partial charge in [0.05, 0.1) is 19.5 Å². The number of nitrogens with zero attached hydrogens (tertiary/aromatic N) is 2. The minimum atomic E-state index is -0.771. The van der Waals surface area contributed by atoms with Crippen molar-refractivity contribution in [3.8, 4) is 5.75 Å². The number of halogens is 1. The molecule has 1 saturated heterocycles. The van der Waals surface area contributed by atoms with Gasteiger partial charge in [0.15, 0.2) is 5.79 Å². The number of rotatable bonds is 9. The molecule has 1 N–H and O–H groups in total. The average Bonchev–Trinajstić information content (AvgIpc) is 3.42. The van der Waals surface area contributed by atoms with Crippen molar-refractivity contribution in [3.05, 3.63) is 77.8 Å². The highest BCUT2D eigenvalue weighted by Gasteiger charge is 2.42. The van der Waals surface area contributed by atoms with Crippen molar-refractivity contribution in [1.29, 1.82) is 0 Å². The third-order valence-electron chi connectivity index (χ3n) is 5.19. The number of ether oxygens (including phenoxy) is 3. The molecule has 1 amide bonds. The lowest BCUT2D eigenvalue weighted by atomic mass is 10.0. The Kier molecular flexibility index (Phi) is 7.09. The zero-order valence-corrected chi connectivity index (χ0v) is 18.6. The predicted molar refractivity (Wildman–Crippen MR) is 122 cm³/mol. The molecular weight excluding hydrogens is 430 g/mol. The lowest BCUT2D eigenvalue weighted by Gasteiger charge is -2.28. The number of carbonyl (C=O) groups excluding carboxylic acids is 1. The van der Waals surface area contributed by atoms with Gasteiger partial charge in [0.25, 0.3) is 0 Å². The van der Waals surface area contributed by atoms with Crippen LogP contribution in [0.25, 0.3) is 0 Å². The summed E-state index contributed by atoms with van der Waals surface area (Å²) in [5, 5.41) is 3.47. The Balaban J connectivity index is 1.39. The van der Waals surface area contributed by atoms with E-state index in [0.717, 1.165) is 11.4 Å². The summed E-state index contributed by atoms with van der Waals surface area (Å²) in [6.07, 6.45) is 6.65. The van der Waals surface area contributed by atoms with Crippen LogP contribution in [0.5, 0.6) is 5.75 Å². The van der Waals surface area contributed by atoms with Crippen molar-refractivity contribution in [2.75, 3.05) is 18.5 Å². The van der Waals surface area contributed by atoms with Crippen LogP contribution in [0.2, 0.25) is 5.02 Å². The third-order valence-corrected chi connectivity index (χ3v) is 5.45. The number of benzene rings is 2. The maximum Gasteiger partial charge on any atom is 0.221 e. The molecule has 0 bridgehead atoms. The monoisotopic (exact) mass is 455 g/mol. The number of imidazole rings is 1. The van der Waals surface area contributed by atoms with Gasteiger partial charge in [-0.1, -0.05) is 29.8 Å². The van der Waals surface area contributed by atoms with E-state index in [4.69, 9.17) is 25.8 Å². The molecule has 2 atom stereocenters. The molecule has 1 aromatic heterocycles. The summed E-state index contributed by atoms with van der Waals surface area (Å²) in [6, 6.07) is 15.1. The number of nitrogens with one attached hydrogen (secondary N) is 1. The van der Waals surface area contributed by atoms with Gasteiger partial charge < -0.3 is 24.1 Å². The average molecular weight is 456 g/mol. The lowest BCUT2D eigenvalue weighted by molar-refractivity contribution is -0.184. The Labute approximate surface area is 192 Å². The van der Waals surface area contributed by atoms with E-state index in [1.54, 1.807) is 18.6 Å². The summed E-state index contributed by atoms with van der Waals surface area (Å²) in [5.41, 5.74) is 1.86. The number of hydrogen-bond acceptors (Lipinski definition) is 5. The van der Waals surface area contributed by atoms with E-state index in [1.807, 2.05) is 53.2 Å². The minimum absolute atomic E-state index is 0.125. The second-order valence-electron chi connectivity index (χ2n) is 7.84. The van der Waals surface area contributed by atoms with Crippen molar-refractivity contribution >= 4 is 23.2 Å². The van der Waals surface area contributed by atoms with Crippen molar-refractivity contribution < 1.29 is 19.0 Å². The van der Waals surface area contributed by atoms with Crippen LogP contribution in [0.1, 0.15) is 18.9 Å². The standard InChI is InChI=1S/C24H26ClN3O4/c1-18(29)27-21-3-2-4-22(13-21)30-14-23-15-31-24(32-23,16-28-12-11-26-17-28)10-9-19-5-7-20(25)8-6-19/h2-8,11-13,17,23H,9-10,14-16H2,1H3,(H,27,29)/t23-,24-/m0/s1. The molecule has 0 spiro atoms. The Bertz CT molecular complexity index is 1030. The van der Waals surface area contributed by atoms with Gasteiger partial charge in [-0.3, -0.25) is 4.79 Å². The fourth-order valence-corrected chi connectivity index (χ4v) is 3.82. The fourth-order valence-electron chi connectivity index (χ4n) is 3.69. The first-order valence-electron chi connectivity index (χ1n) is 10.5. The first-order chi connectivity index (χ1) is 15.5. The SMILES string of the molecule is CC(=O)Nc1cccc(OC[C@H]2CO[C@](CCc3ccc(Cl)cc3)(Cn3ccnc3)O2)c1. The predicted octanol–water partition coefficient (Wildman–Crippen LogP) is 4.32. The quantitative estimate of drug-likeness (QED) is 0.520. The van der Waals surface area contributed by atoms with Gasteiger partial charge >= 0.3 is 0 Å². The number of amides is 1. The van der Waals surface area contributed by atoms with E-state index >= 15 is 0 Å². The van der Waals surface area contributed by atoms with Crippen LogP contribution in [0, 0.1) is 0 Å². The highest BCUT2D eigenvalue weighted by molar-refractivity contribution is 6.30. The lowest BCUT2D eigenvalue weighted by Crippen LogP contribution is -2.37. The minimum Gasteiger partial charge on any atom is -0.491 e. The Morgan fingerprint density at radius 2 is 2.16 bits per heavy atom. The van der Waals surface area contributed by atoms with Gasteiger partial charge in [-0.2, -0.15) is 0 Å². The van der Waals surface area contributed by atoms with E-state index in [1.165, 1.54) is 12.5 Å². The molecule has 0 aliphatic carbocycles.